The van der Waals surface area contributed by atoms with E-state index in [0.717, 1.165) is 51.4 Å². The van der Waals surface area contributed by atoms with Crippen LogP contribution in [0.2, 0.25) is 0 Å². The zero-order chi connectivity index (χ0) is 15.0. The summed E-state index contributed by atoms with van der Waals surface area (Å²) in [6.45, 7) is 6.75. The summed E-state index contributed by atoms with van der Waals surface area (Å²) in [5, 5.41) is -0.405. The molecule has 118 valence electrons. The highest BCUT2D eigenvalue weighted by Crippen LogP contribution is 2.43. The molecule has 0 amide bonds. The van der Waals surface area contributed by atoms with Gasteiger partial charge in [0.2, 0.25) is 0 Å². The summed E-state index contributed by atoms with van der Waals surface area (Å²) < 4.78 is 25.8. The molecule has 2 rings (SSSR count). The molecular formula is C16H31NO2S. The van der Waals surface area contributed by atoms with E-state index in [9.17, 15) is 8.42 Å². The SMILES string of the molecule is CCC(C)(C)C1CCC(N)C(S(=O)(=O)C2CCCC2)C1. The Bertz CT molecular complexity index is 424. The van der Waals surface area contributed by atoms with Gasteiger partial charge in [0.1, 0.15) is 0 Å². The number of nitrogens with two attached hydrogens (primary N) is 1. The zero-order valence-electron chi connectivity index (χ0n) is 13.3. The summed E-state index contributed by atoms with van der Waals surface area (Å²) in [5.41, 5.74) is 6.43. The van der Waals surface area contributed by atoms with Gasteiger partial charge in [-0.1, -0.05) is 40.0 Å². The average molecular weight is 301 g/mol. The van der Waals surface area contributed by atoms with E-state index in [-0.39, 0.29) is 22.0 Å². The van der Waals surface area contributed by atoms with E-state index in [1.807, 2.05) is 0 Å². The molecule has 3 atom stereocenters. The van der Waals surface area contributed by atoms with E-state index in [2.05, 4.69) is 20.8 Å². The Morgan fingerprint density at radius 2 is 1.70 bits per heavy atom. The van der Waals surface area contributed by atoms with Crippen LogP contribution in [0.4, 0.5) is 0 Å². The molecule has 0 aromatic rings. The predicted octanol–water partition coefficient (Wildman–Crippen LogP) is 3.28. The van der Waals surface area contributed by atoms with Crippen molar-refractivity contribution in [3.05, 3.63) is 0 Å². The van der Waals surface area contributed by atoms with Gasteiger partial charge in [0.15, 0.2) is 9.84 Å². The molecule has 2 N–H and O–H groups in total. The summed E-state index contributed by atoms with van der Waals surface area (Å²) in [4.78, 5) is 0. The Morgan fingerprint density at radius 1 is 1.10 bits per heavy atom. The molecule has 0 saturated heterocycles. The minimum atomic E-state index is -3.04. The first-order valence-corrected chi connectivity index (χ1v) is 9.88. The summed E-state index contributed by atoms with van der Waals surface area (Å²) in [6.07, 6.45) is 7.67. The molecule has 2 aliphatic rings. The maximum absolute atomic E-state index is 12.9. The van der Waals surface area contributed by atoms with Crippen LogP contribution in [0.5, 0.6) is 0 Å². The molecule has 0 bridgehead atoms. The van der Waals surface area contributed by atoms with Gasteiger partial charge in [0.25, 0.3) is 0 Å². The van der Waals surface area contributed by atoms with Gasteiger partial charge in [-0.3, -0.25) is 0 Å². The number of sulfone groups is 1. The molecule has 0 aromatic carbocycles. The van der Waals surface area contributed by atoms with Crippen molar-refractivity contribution in [1.82, 2.24) is 0 Å². The summed E-state index contributed by atoms with van der Waals surface area (Å²) in [5.74, 6) is 0.494. The highest BCUT2D eigenvalue weighted by Gasteiger charge is 2.44. The zero-order valence-corrected chi connectivity index (χ0v) is 14.1. The van der Waals surface area contributed by atoms with Crippen LogP contribution in [0.1, 0.15) is 72.1 Å². The van der Waals surface area contributed by atoms with Crippen molar-refractivity contribution in [2.45, 2.75) is 88.7 Å². The second kappa shape index (κ2) is 5.96. The number of hydrogen-bond acceptors (Lipinski definition) is 3. The van der Waals surface area contributed by atoms with E-state index in [4.69, 9.17) is 5.73 Å². The van der Waals surface area contributed by atoms with Crippen LogP contribution in [0.25, 0.3) is 0 Å². The molecule has 20 heavy (non-hydrogen) atoms. The van der Waals surface area contributed by atoms with Crippen LogP contribution >= 0.6 is 0 Å². The molecule has 3 nitrogen and oxygen atoms in total. The van der Waals surface area contributed by atoms with Crippen molar-refractivity contribution in [2.75, 3.05) is 0 Å². The van der Waals surface area contributed by atoms with Crippen molar-refractivity contribution in [3.63, 3.8) is 0 Å². The fraction of sp³-hybridized carbons (Fsp3) is 1.00. The first-order valence-electron chi connectivity index (χ1n) is 8.27. The van der Waals surface area contributed by atoms with Crippen molar-refractivity contribution >= 4 is 9.84 Å². The summed E-state index contributed by atoms with van der Waals surface area (Å²) in [6, 6.07) is -0.149. The van der Waals surface area contributed by atoms with Crippen LogP contribution in [-0.4, -0.2) is 25.0 Å². The minimum absolute atomic E-state index is 0.109. The molecule has 0 aliphatic heterocycles. The van der Waals surface area contributed by atoms with Gasteiger partial charge in [0.05, 0.1) is 10.5 Å². The first-order chi connectivity index (χ1) is 9.29. The topological polar surface area (TPSA) is 60.2 Å². The molecule has 3 unspecified atom stereocenters. The van der Waals surface area contributed by atoms with E-state index in [1.165, 1.54) is 0 Å². The Morgan fingerprint density at radius 3 is 2.25 bits per heavy atom. The van der Waals surface area contributed by atoms with Crippen molar-refractivity contribution < 1.29 is 8.42 Å². The minimum Gasteiger partial charge on any atom is -0.327 e. The second-order valence-corrected chi connectivity index (χ2v) is 10.0. The lowest BCUT2D eigenvalue weighted by Crippen LogP contribution is -2.49. The predicted molar refractivity (Wildman–Crippen MR) is 84.4 cm³/mol. The Hall–Kier alpha value is -0.0900. The van der Waals surface area contributed by atoms with Gasteiger partial charge in [-0.05, 0) is 43.4 Å². The molecule has 2 aliphatic carbocycles. The van der Waals surface area contributed by atoms with Gasteiger partial charge in [-0.2, -0.15) is 0 Å². The molecule has 0 radical (unpaired) electrons. The third-order valence-electron chi connectivity index (χ3n) is 6.05. The van der Waals surface area contributed by atoms with E-state index in [0.29, 0.717) is 5.92 Å². The van der Waals surface area contributed by atoms with Gasteiger partial charge < -0.3 is 5.73 Å². The monoisotopic (exact) mass is 301 g/mol. The number of rotatable bonds is 4. The fourth-order valence-corrected chi connectivity index (χ4v) is 6.60. The maximum atomic E-state index is 12.9. The van der Waals surface area contributed by atoms with Crippen LogP contribution in [0.3, 0.4) is 0 Å². The van der Waals surface area contributed by atoms with E-state index < -0.39 is 9.84 Å². The lowest BCUT2D eigenvalue weighted by Gasteiger charge is -2.42. The number of hydrogen-bond donors (Lipinski definition) is 1. The smallest absolute Gasteiger partial charge is 0.157 e. The Balaban J connectivity index is 2.16. The lowest BCUT2D eigenvalue weighted by atomic mass is 9.69. The highest BCUT2D eigenvalue weighted by atomic mass is 32.2. The maximum Gasteiger partial charge on any atom is 0.157 e. The normalized spacial score (nSPS) is 33.5. The third-order valence-corrected chi connectivity index (χ3v) is 8.83. The van der Waals surface area contributed by atoms with Crippen molar-refractivity contribution in [2.24, 2.45) is 17.1 Å². The van der Waals surface area contributed by atoms with Gasteiger partial charge in [-0.15, -0.1) is 0 Å². The first kappa shape index (κ1) is 16.3. The van der Waals surface area contributed by atoms with Crippen LogP contribution in [0.15, 0.2) is 0 Å². The van der Waals surface area contributed by atoms with Gasteiger partial charge in [-0.25, -0.2) is 8.42 Å². The molecular weight excluding hydrogens is 270 g/mol. The van der Waals surface area contributed by atoms with Gasteiger partial charge in [0, 0.05) is 6.04 Å². The third kappa shape index (κ3) is 3.06. The van der Waals surface area contributed by atoms with E-state index in [1.54, 1.807) is 0 Å². The molecule has 4 heteroatoms. The molecule has 2 saturated carbocycles. The summed E-state index contributed by atoms with van der Waals surface area (Å²) in [7, 11) is -3.04. The van der Waals surface area contributed by atoms with Crippen LogP contribution in [-0.2, 0) is 9.84 Å². The standard InChI is InChI=1S/C16H31NO2S/c1-4-16(2,3)12-9-10-14(17)15(11-12)20(18,19)13-7-5-6-8-13/h12-15H,4-11,17H2,1-3H3. The molecule has 0 heterocycles. The second-order valence-electron chi connectivity index (χ2n) is 7.55. The average Bonchev–Trinajstić information content (AvgIpc) is 2.93. The molecule has 2 fully saturated rings. The van der Waals surface area contributed by atoms with Crippen LogP contribution in [0, 0.1) is 11.3 Å². The van der Waals surface area contributed by atoms with Gasteiger partial charge >= 0.3 is 0 Å². The lowest BCUT2D eigenvalue weighted by molar-refractivity contribution is 0.146. The van der Waals surface area contributed by atoms with E-state index >= 15 is 0 Å². The quantitative estimate of drug-likeness (QED) is 0.867. The molecule has 0 aromatic heterocycles. The van der Waals surface area contributed by atoms with Crippen LogP contribution < -0.4 is 5.73 Å². The highest BCUT2D eigenvalue weighted by molar-refractivity contribution is 7.92. The van der Waals surface area contributed by atoms with Crippen molar-refractivity contribution in [3.8, 4) is 0 Å². The summed E-state index contributed by atoms with van der Waals surface area (Å²) >= 11 is 0. The largest absolute Gasteiger partial charge is 0.327 e. The van der Waals surface area contributed by atoms with Crippen molar-refractivity contribution in [1.29, 1.82) is 0 Å². The molecule has 0 spiro atoms. The fourth-order valence-electron chi connectivity index (χ4n) is 3.99. The Kier molecular flexibility index (Phi) is 4.85. The Labute approximate surface area is 124 Å².